The highest BCUT2D eigenvalue weighted by Gasteiger charge is 2.37. The third kappa shape index (κ3) is 13.9. The fourth-order valence-corrected chi connectivity index (χ4v) is 6.85. The van der Waals surface area contributed by atoms with Crippen molar-refractivity contribution < 1.29 is 52.2 Å². The number of amides is 7. The van der Waals surface area contributed by atoms with Gasteiger partial charge in [0.2, 0.25) is 17.7 Å². The lowest BCUT2D eigenvalue weighted by molar-refractivity contribution is -0.131. The average Bonchev–Trinajstić information content (AvgIpc) is 3.21. The number of carboxylic acids is 1. The number of carbonyl (C=O) groups excluding carboxylic acids is 7. The van der Waals surface area contributed by atoms with E-state index >= 15 is 0 Å². The Hall–Kier alpha value is -6.27. The molecule has 3 rings (SSSR count). The van der Waals surface area contributed by atoms with E-state index in [4.69, 9.17) is 0 Å². The lowest BCUT2D eigenvalue weighted by Gasteiger charge is -2.32. The van der Waals surface area contributed by atoms with E-state index in [-0.39, 0.29) is 24.5 Å². The molecule has 19 heteroatoms. The van der Waals surface area contributed by atoms with Gasteiger partial charge in [-0.25, -0.2) is 23.8 Å². The second kappa shape index (κ2) is 23.4. The van der Waals surface area contributed by atoms with Gasteiger partial charge in [-0.3, -0.25) is 28.8 Å². The van der Waals surface area contributed by atoms with Crippen LogP contribution in [0.15, 0.2) is 47.6 Å². The fraction of sp³-hybridized carbons (Fsp3) is 0.488. The van der Waals surface area contributed by atoms with E-state index in [1.54, 1.807) is 51.1 Å². The molecule has 1 fully saturated rings. The van der Waals surface area contributed by atoms with Crippen LogP contribution >= 0.6 is 0 Å². The number of aromatic carboxylic acids is 1. The van der Waals surface area contributed by atoms with Gasteiger partial charge in [-0.05, 0) is 62.1 Å². The molecule has 0 aliphatic heterocycles. The summed E-state index contributed by atoms with van der Waals surface area (Å²) < 4.78 is 29.4. The third-order valence-corrected chi connectivity index (χ3v) is 9.79. The average molecular weight is 841 g/mol. The molecule has 2 aromatic carbocycles. The number of ketones is 1. The van der Waals surface area contributed by atoms with Crippen molar-refractivity contribution in [2.24, 2.45) is 16.9 Å². The van der Waals surface area contributed by atoms with Crippen molar-refractivity contribution in [1.82, 2.24) is 37.3 Å². The van der Waals surface area contributed by atoms with Crippen LogP contribution in [0.25, 0.3) is 0 Å². The van der Waals surface area contributed by atoms with Gasteiger partial charge >= 0.3 is 12.0 Å². The van der Waals surface area contributed by atoms with Gasteiger partial charge in [-0.2, -0.15) is 5.10 Å². The summed E-state index contributed by atoms with van der Waals surface area (Å²) >= 11 is 0. The van der Waals surface area contributed by atoms with E-state index in [0.29, 0.717) is 49.8 Å². The van der Waals surface area contributed by atoms with E-state index < -0.39 is 107 Å². The van der Waals surface area contributed by atoms with E-state index in [1.165, 1.54) is 14.0 Å². The van der Waals surface area contributed by atoms with Crippen LogP contribution in [0.5, 0.6) is 0 Å². The Morgan fingerprint density at radius 2 is 1.43 bits per heavy atom. The van der Waals surface area contributed by atoms with Crippen LogP contribution in [0, 0.1) is 23.5 Å². The number of hydrazone groups is 1. The molecule has 0 unspecified atom stereocenters. The predicted octanol–water partition coefficient (Wildman–Crippen LogP) is 3.01. The maximum atomic E-state index is 14.9. The molecule has 0 spiro atoms. The first kappa shape index (κ1) is 48.1. The van der Waals surface area contributed by atoms with Crippen LogP contribution in [0.4, 0.5) is 13.6 Å². The molecule has 0 saturated heterocycles. The second-order valence-electron chi connectivity index (χ2n) is 14.9. The summed E-state index contributed by atoms with van der Waals surface area (Å²) in [7, 11) is 1.31. The molecule has 4 atom stereocenters. The lowest BCUT2D eigenvalue weighted by atomic mass is 9.83. The molecule has 1 aliphatic carbocycles. The van der Waals surface area contributed by atoms with Crippen LogP contribution in [-0.4, -0.2) is 89.9 Å². The molecule has 60 heavy (non-hydrogen) atoms. The molecule has 0 aromatic heterocycles. The summed E-state index contributed by atoms with van der Waals surface area (Å²) in [6.07, 6.45) is 3.67. The molecule has 7 amide bonds. The minimum absolute atomic E-state index is 0.0531. The van der Waals surface area contributed by atoms with Crippen molar-refractivity contribution in [3.63, 3.8) is 0 Å². The zero-order valence-electron chi connectivity index (χ0n) is 34.3. The van der Waals surface area contributed by atoms with Crippen LogP contribution in [-0.2, 0) is 24.0 Å². The van der Waals surface area contributed by atoms with E-state index in [9.17, 15) is 52.2 Å². The zero-order chi connectivity index (χ0) is 44.5. The largest absolute Gasteiger partial charge is 0.478 e. The van der Waals surface area contributed by atoms with Gasteiger partial charge in [-0.1, -0.05) is 76.8 Å². The summed E-state index contributed by atoms with van der Waals surface area (Å²) in [5.41, 5.74) is -0.00219. The number of Topliss-reactive ketones (excluding diaryl/α,β-unsaturated/α-hetero) is 1. The highest BCUT2D eigenvalue weighted by atomic mass is 19.1. The van der Waals surface area contributed by atoms with Gasteiger partial charge in [-0.15, -0.1) is 0 Å². The minimum Gasteiger partial charge on any atom is -0.478 e. The lowest BCUT2D eigenvalue weighted by Crippen LogP contribution is -2.58. The number of carboxylic acid groups (broad SMARTS) is 1. The molecular weight excluding hydrogens is 786 g/mol. The molecule has 0 radical (unpaired) electrons. The Morgan fingerprint density at radius 1 is 0.817 bits per heavy atom. The first-order chi connectivity index (χ1) is 28.5. The molecule has 2 aromatic rings. The molecule has 17 nitrogen and oxygen atoms in total. The smallest absolute Gasteiger partial charge is 0.339 e. The Morgan fingerprint density at radius 3 is 2.00 bits per heavy atom. The van der Waals surface area contributed by atoms with Gasteiger partial charge in [0, 0.05) is 7.05 Å². The number of halogens is 2. The molecule has 8 N–H and O–H groups in total. The first-order valence-corrected chi connectivity index (χ1v) is 19.8. The Kier molecular flexibility index (Phi) is 18.7. The first-order valence-electron chi connectivity index (χ1n) is 19.8. The standard InChI is InChI=1S/C41H54F2N8O9/c1-6-13-28(35(50-51-41(60)44-5)38(56)45-21-30(53)48-33(23(4)52)24-14-9-7-10-15-24)46-36(54)29(20-22(2)3)47-39(57)34(25-16-11-8-12-17-25)49-37(55)31-26(42)18-19-27(43)32(31)40(58)59/h7,9-10,14-15,18-19,22,25,28-29,33-34H,6,8,11-13,16-17,20-21H2,1-5H3,(H,45,56)(H,46,54)(H,47,57)(H,48,53)(H,49,55)(H,58,59)(H2,44,51,60)/t28-,29-,33+,34-/m0/s1. The maximum absolute atomic E-state index is 14.9. The minimum atomic E-state index is -1.89. The summed E-state index contributed by atoms with van der Waals surface area (Å²) in [5.74, 6) is -10.2. The van der Waals surface area contributed by atoms with E-state index in [1.807, 2.05) is 0 Å². The number of carbonyl (C=O) groups is 8. The second-order valence-corrected chi connectivity index (χ2v) is 14.9. The topological polar surface area (TPSA) is 253 Å². The normalized spacial score (nSPS) is 15.0. The SMILES string of the molecule is CCC[C@H](NC(=O)[C@H](CC(C)C)NC(=O)[C@@H](NC(=O)c1c(F)ccc(F)c1C(=O)O)C1CCCCC1)C(=NNC(=O)NC)C(=O)NCC(=O)N[C@H](C(C)=O)c1ccccc1. The molecule has 1 saturated carbocycles. The predicted molar refractivity (Wildman–Crippen MR) is 215 cm³/mol. The van der Waals surface area contributed by atoms with Crippen LogP contribution < -0.4 is 37.3 Å². The van der Waals surface area contributed by atoms with Crippen molar-refractivity contribution in [3.05, 3.63) is 70.8 Å². The maximum Gasteiger partial charge on any atom is 0.339 e. The van der Waals surface area contributed by atoms with Crippen molar-refractivity contribution in [3.8, 4) is 0 Å². The number of urea groups is 1. The number of hydrogen-bond acceptors (Lipinski definition) is 9. The summed E-state index contributed by atoms with van der Waals surface area (Å²) in [4.78, 5) is 105. The third-order valence-electron chi connectivity index (χ3n) is 9.79. The fourth-order valence-electron chi connectivity index (χ4n) is 6.85. The van der Waals surface area contributed by atoms with E-state index in [0.717, 1.165) is 6.42 Å². The molecule has 326 valence electrons. The molecule has 0 heterocycles. The quantitative estimate of drug-likeness (QED) is 0.0720. The van der Waals surface area contributed by atoms with Crippen LogP contribution in [0.1, 0.15) is 111 Å². The van der Waals surface area contributed by atoms with Crippen molar-refractivity contribution in [2.45, 2.75) is 103 Å². The zero-order valence-corrected chi connectivity index (χ0v) is 34.3. The highest BCUT2D eigenvalue weighted by molar-refractivity contribution is 6.41. The van der Waals surface area contributed by atoms with Gasteiger partial charge in [0.05, 0.1) is 18.2 Å². The van der Waals surface area contributed by atoms with Gasteiger partial charge in [0.25, 0.3) is 11.8 Å². The number of nitrogens with zero attached hydrogens (tertiary/aromatic N) is 1. The Balaban J connectivity index is 1.89. The van der Waals surface area contributed by atoms with E-state index in [2.05, 4.69) is 42.4 Å². The number of hydrogen-bond donors (Lipinski definition) is 8. The summed E-state index contributed by atoms with van der Waals surface area (Å²) in [6.45, 7) is 6.00. The van der Waals surface area contributed by atoms with Crippen LogP contribution in [0.2, 0.25) is 0 Å². The Bertz CT molecular complexity index is 1920. The summed E-state index contributed by atoms with van der Waals surface area (Å²) in [6, 6.07) is 3.98. The summed E-state index contributed by atoms with van der Waals surface area (Å²) in [5, 5.41) is 28.6. The van der Waals surface area contributed by atoms with Gasteiger partial charge in [0.1, 0.15) is 41.0 Å². The van der Waals surface area contributed by atoms with Crippen LogP contribution in [0.3, 0.4) is 0 Å². The highest BCUT2D eigenvalue weighted by Crippen LogP contribution is 2.28. The molecule has 1 aliphatic rings. The number of rotatable bonds is 20. The van der Waals surface area contributed by atoms with Crippen molar-refractivity contribution in [1.29, 1.82) is 0 Å². The van der Waals surface area contributed by atoms with Crippen molar-refractivity contribution >= 4 is 53.0 Å². The number of benzene rings is 2. The molecule has 0 bridgehead atoms. The molecular formula is C41H54F2N8O9. The number of nitrogens with one attached hydrogen (secondary N) is 7. The van der Waals surface area contributed by atoms with Crippen molar-refractivity contribution in [2.75, 3.05) is 13.6 Å². The van der Waals surface area contributed by atoms with Gasteiger partial charge < -0.3 is 37.0 Å². The Labute approximate surface area is 346 Å². The van der Waals surface area contributed by atoms with Gasteiger partial charge in [0.15, 0.2) is 5.78 Å². The monoisotopic (exact) mass is 840 g/mol.